The molecule has 3 nitrogen and oxygen atoms in total. The van der Waals surface area contributed by atoms with Gasteiger partial charge in [0.25, 0.3) is 0 Å². The first kappa shape index (κ1) is 24.1. The van der Waals surface area contributed by atoms with Crippen LogP contribution in [0, 0.1) is 11.3 Å². The molecule has 2 heterocycles. The van der Waals surface area contributed by atoms with Crippen LogP contribution in [-0.4, -0.2) is 0 Å². The zero-order chi connectivity index (χ0) is 27.4. The van der Waals surface area contributed by atoms with Crippen LogP contribution in [0.3, 0.4) is 0 Å². The summed E-state index contributed by atoms with van der Waals surface area (Å²) in [7, 11) is 0. The third kappa shape index (κ3) is 3.66. The largest absolute Gasteiger partial charge is 0.420 e. The maximum absolute atomic E-state index is 15.5. The summed E-state index contributed by atoms with van der Waals surface area (Å²) in [4.78, 5) is 3.32. The molecule has 0 aliphatic carbocycles. The molecule has 2 aliphatic rings. The van der Waals surface area contributed by atoms with Gasteiger partial charge in [-0.15, -0.1) is 0 Å². The molecule has 6 heteroatoms. The first-order valence-electron chi connectivity index (χ1n) is 13.0. The molecular formula is C34H22F3N3. The Morgan fingerprint density at radius 1 is 0.525 bits per heavy atom. The van der Waals surface area contributed by atoms with Crippen molar-refractivity contribution >= 4 is 34.1 Å². The van der Waals surface area contributed by atoms with E-state index in [0.29, 0.717) is 35.6 Å². The molecule has 5 aromatic rings. The second-order valence-electron chi connectivity index (χ2n) is 10.0. The Balaban J connectivity index is 1.59. The molecular weight excluding hydrogens is 507 g/mol. The minimum Gasteiger partial charge on any atom is -0.309 e. The topological polar surface area (TPSA) is 30.3 Å². The molecule has 0 saturated carbocycles. The van der Waals surface area contributed by atoms with Crippen molar-refractivity contribution in [2.75, 3.05) is 9.80 Å². The van der Waals surface area contributed by atoms with Crippen LogP contribution >= 0.6 is 0 Å². The Bertz CT molecular complexity index is 1740. The van der Waals surface area contributed by atoms with Gasteiger partial charge in [-0.1, -0.05) is 72.8 Å². The van der Waals surface area contributed by atoms with Crippen molar-refractivity contribution < 1.29 is 13.2 Å². The van der Waals surface area contributed by atoms with Gasteiger partial charge in [0.2, 0.25) is 0 Å². The van der Waals surface area contributed by atoms with Gasteiger partial charge in [0.05, 0.1) is 16.9 Å². The third-order valence-electron chi connectivity index (χ3n) is 7.72. The van der Waals surface area contributed by atoms with E-state index >= 15 is 13.2 Å². The predicted octanol–water partition coefficient (Wildman–Crippen LogP) is 9.33. The van der Waals surface area contributed by atoms with E-state index < -0.39 is 11.7 Å². The fourth-order valence-corrected chi connectivity index (χ4v) is 6.05. The van der Waals surface area contributed by atoms with Crippen LogP contribution < -0.4 is 9.80 Å². The van der Waals surface area contributed by atoms with E-state index in [0.717, 1.165) is 22.3 Å². The van der Waals surface area contributed by atoms with Crippen molar-refractivity contribution in [3.8, 4) is 6.07 Å². The number of hydrogen-bond acceptors (Lipinski definition) is 3. The highest BCUT2D eigenvalue weighted by molar-refractivity contribution is 5.93. The number of anilines is 6. The van der Waals surface area contributed by atoms with Gasteiger partial charge in [-0.05, 0) is 58.7 Å². The minimum atomic E-state index is -4.76. The van der Waals surface area contributed by atoms with Gasteiger partial charge in [-0.2, -0.15) is 18.4 Å². The lowest BCUT2D eigenvalue weighted by atomic mass is 9.91. The lowest BCUT2D eigenvalue weighted by molar-refractivity contribution is -0.136. The van der Waals surface area contributed by atoms with Gasteiger partial charge >= 0.3 is 6.18 Å². The Labute approximate surface area is 230 Å². The van der Waals surface area contributed by atoms with Crippen LogP contribution in [0.1, 0.15) is 33.4 Å². The average Bonchev–Trinajstić information content (AvgIpc) is 2.97. The number of fused-ring (bicyclic) bond motifs is 4. The standard InChI is InChI=1S/C34H22F3N3/c35-34(36,37)32-31(39-27-13-5-1-9-22(27)19-23-10-2-6-14-28(23)39)18-17-26(21-38)33(32)40-29-15-7-3-11-24(29)20-25-12-4-8-16-30(25)40/h1-18H,19-20H2. The summed E-state index contributed by atoms with van der Waals surface area (Å²) in [5.41, 5.74) is 5.29. The smallest absolute Gasteiger partial charge is 0.309 e. The van der Waals surface area contributed by atoms with Crippen LogP contribution in [0.2, 0.25) is 0 Å². The molecule has 0 saturated heterocycles. The van der Waals surface area contributed by atoms with Crippen molar-refractivity contribution in [3.63, 3.8) is 0 Å². The maximum atomic E-state index is 15.5. The monoisotopic (exact) mass is 529 g/mol. The summed E-state index contributed by atoms with van der Waals surface area (Å²) in [6.45, 7) is 0. The van der Waals surface area contributed by atoms with E-state index in [9.17, 15) is 5.26 Å². The summed E-state index contributed by atoms with van der Waals surface area (Å²) in [6.07, 6.45) is -3.54. The van der Waals surface area contributed by atoms with Gasteiger partial charge in [0, 0.05) is 35.6 Å². The number of rotatable bonds is 2. The number of hydrogen-bond donors (Lipinski definition) is 0. The zero-order valence-corrected chi connectivity index (χ0v) is 21.3. The summed E-state index contributed by atoms with van der Waals surface area (Å²) < 4.78 is 46.4. The fraction of sp³-hybridized carbons (Fsp3) is 0.0882. The normalized spacial score (nSPS) is 13.6. The van der Waals surface area contributed by atoms with Crippen molar-refractivity contribution in [1.29, 1.82) is 5.26 Å². The van der Waals surface area contributed by atoms with Gasteiger partial charge in [-0.3, -0.25) is 0 Å². The van der Waals surface area contributed by atoms with Gasteiger partial charge in [-0.25, -0.2) is 0 Å². The Morgan fingerprint density at radius 2 is 0.925 bits per heavy atom. The van der Waals surface area contributed by atoms with Gasteiger partial charge < -0.3 is 9.80 Å². The number of nitrogens with zero attached hydrogens (tertiary/aromatic N) is 3. The van der Waals surface area contributed by atoms with Crippen LogP contribution in [0.15, 0.2) is 109 Å². The molecule has 0 unspecified atom stereocenters. The predicted molar refractivity (Wildman–Crippen MR) is 151 cm³/mol. The Morgan fingerprint density at radius 3 is 1.32 bits per heavy atom. The van der Waals surface area contributed by atoms with E-state index in [4.69, 9.17) is 0 Å². The molecule has 7 rings (SSSR count). The molecule has 0 spiro atoms. The second kappa shape index (κ2) is 9.03. The summed E-state index contributed by atoms with van der Waals surface area (Å²) in [5.74, 6) is 0. The average molecular weight is 530 g/mol. The molecule has 0 bridgehead atoms. The van der Waals surface area contributed by atoms with Crippen molar-refractivity contribution in [2.45, 2.75) is 19.0 Å². The fourth-order valence-electron chi connectivity index (χ4n) is 6.05. The Hall–Kier alpha value is -5.02. The maximum Gasteiger partial charge on any atom is 0.420 e. The Kier molecular flexibility index (Phi) is 5.43. The van der Waals surface area contributed by atoms with Gasteiger partial charge in [0.15, 0.2) is 0 Å². The number of alkyl halides is 3. The van der Waals surface area contributed by atoms with E-state index in [1.54, 1.807) is 9.80 Å². The van der Waals surface area contributed by atoms with E-state index in [1.807, 2.05) is 97.1 Å². The highest BCUT2D eigenvalue weighted by Crippen LogP contribution is 2.55. The highest BCUT2D eigenvalue weighted by Gasteiger charge is 2.43. The first-order chi connectivity index (χ1) is 19.5. The lowest BCUT2D eigenvalue weighted by Gasteiger charge is -2.39. The quantitative estimate of drug-likeness (QED) is 0.224. The van der Waals surface area contributed by atoms with Crippen molar-refractivity contribution in [1.82, 2.24) is 0 Å². The molecule has 0 amide bonds. The molecule has 0 fully saturated rings. The van der Waals surface area contributed by atoms with Crippen LogP contribution in [-0.2, 0) is 19.0 Å². The molecule has 0 atom stereocenters. The summed E-state index contributed by atoms with van der Waals surface area (Å²) >= 11 is 0. The van der Waals surface area contributed by atoms with Crippen molar-refractivity contribution in [2.24, 2.45) is 0 Å². The molecule has 40 heavy (non-hydrogen) atoms. The lowest BCUT2D eigenvalue weighted by Crippen LogP contribution is -2.26. The summed E-state index contributed by atoms with van der Waals surface area (Å²) in [6, 6.07) is 35.1. The van der Waals surface area contributed by atoms with Crippen LogP contribution in [0.4, 0.5) is 47.3 Å². The summed E-state index contributed by atoms with van der Waals surface area (Å²) in [5, 5.41) is 10.2. The molecule has 5 aromatic carbocycles. The number of nitriles is 1. The first-order valence-corrected chi connectivity index (χ1v) is 13.0. The molecule has 194 valence electrons. The van der Waals surface area contributed by atoms with E-state index in [1.165, 1.54) is 12.1 Å². The van der Waals surface area contributed by atoms with Crippen LogP contribution in [0.25, 0.3) is 0 Å². The second-order valence-corrected chi connectivity index (χ2v) is 10.0. The van der Waals surface area contributed by atoms with Gasteiger partial charge in [0.1, 0.15) is 11.6 Å². The SMILES string of the molecule is N#Cc1ccc(N2c3ccccc3Cc3ccccc32)c(C(F)(F)F)c1N1c2ccccc2Cc2ccccc21. The highest BCUT2D eigenvalue weighted by atomic mass is 19.4. The zero-order valence-electron chi connectivity index (χ0n) is 21.3. The molecule has 2 aliphatic heterocycles. The molecule has 0 aromatic heterocycles. The number of para-hydroxylation sites is 4. The molecule has 0 radical (unpaired) electrons. The van der Waals surface area contributed by atoms with E-state index in [2.05, 4.69) is 6.07 Å². The number of halogens is 3. The molecule has 0 N–H and O–H groups in total. The third-order valence-corrected chi connectivity index (χ3v) is 7.72. The van der Waals surface area contributed by atoms with Crippen LogP contribution in [0.5, 0.6) is 0 Å². The number of benzene rings is 5. The minimum absolute atomic E-state index is 0.0124. The van der Waals surface area contributed by atoms with Crippen molar-refractivity contribution in [3.05, 3.63) is 143 Å². The van der Waals surface area contributed by atoms with E-state index in [-0.39, 0.29) is 16.9 Å².